The van der Waals surface area contributed by atoms with Gasteiger partial charge in [-0.1, -0.05) is 18.6 Å². The van der Waals surface area contributed by atoms with E-state index in [1.807, 2.05) is 0 Å². The normalized spacial score (nSPS) is 26.1. The minimum atomic E-state index is 0.0446. The van der Waals surface area contributed by atoms with Gasteiger partial charge in [0.25, 0.3) is 0 Å². The van der Waals surface area contributed by atoms with E-state index < -0.39 is 0 Å². The Hall–Kier alpha value is -1.55. The first-order valence-electron chi connectivity index (χ1n) is 9.04. The van der Waals surface area contributed by atoms with Crippen LogP contribution in [-0.4, -0.2) is 25.0 Å². The molecular formula is C19H29N3O. The fraction of sp³-hybridized carbons (Fsp3) is 0.632. The maximum absolute atomic E-state index is 12.5. The van der Waals surface area contributed by atoms with Gasteiger partial charge < -0.3 is 16.0 Å². The summed E-state index contributed by atoms with van der Waals surface area (Å²) < 4.78 is 0. The van der Waals surface area contributed by atoms with Crippen molar-refractivity contribution < 1.29 is 4.79 Å². The molecule has 2 aliphatic rings. The minimum absolute atomic E-state index is 0.0446. The topological polar surface area (TPSA) is 58.4 Å². The molecule has 4 nitrogen and oxygen atoms in total. The number of anilines is 1. The van der Waals surface area contributed by atoms with Gasteiger partial charge >= 0.3 is 0 Å². The maximum Gasteiger partial charge on any atom is 0.223 e. The Morgan fingerprint density at radius 2 is 2.04 bits per heavy atom. The number of amides is 1. The van der Waals surface area contributed by atoms with Gasteiger partial charge in [0.05, 0.1) is 6.04 Å². The van der Waals surface area contributed by atoms with Gasteiger partial charge in [0.1, 0.15) is 0 Å². The average molecular weight is 315 g/mol. The van der Waals surface area contributed by atoms with Gasteiger partial charge in [-0.15, -0.1) is 0 Å². The van der Waals surface area contributed by atoms with Crippen LogP contribution in [0.3, 0.4) is 0 Å². The van der Waals surface area contributed by atoms with Crippen molar-refractivity contribution in [2.24, 2.45) is 11.7 Å². The van der Waals surface area contributed by atoms with E-state index in [0.29, 0.717) is 0 Å². The molecule has 1 saturated carbocycles. The third-order valence-corrected chi connectivity index (χ3v) is 5.29. The Morgan fingerprint density at radius 3 is 2.78 bits per heavy atom. The van der Waals surface area contributed by atoms with E-state index in [4.69, 9.17) is 5.73 Å². The third kappa shape index (κ3) is 4.05. The number of hydrogen-bond donors (Lipinski definition) is 2. The number of carbonyl (C=O) groups is 1. The Bertz CT molecular complexity index is 539. The van der Waals surface area contributed by atoms with E-state index in [0.717, 1.165) is 38.8 Å². The Labute approximate surface area is 139 Å². The second-order valence-corrected chi connectivity index (χ2v) is 7.14. The lowest BCUT2D eigenvalue weighted by Crippen LogP contribution is -2.38. The summed E-state index contributed by atoms with van der Waals surface area (Å²) in [5.74, 6) is 0.252. The van der Waals surface area contributed by atoms with E-state index in [-0.39, 0.29) is 23.9 Å². The molecule has 23 heavy (non-hydrogen) atoms. The summed E-state index contributed by atoms with van der Waals surface area (Å²) in [5, 5.41) is 3.19. The van der Waals surface area contributed by atoms with Crippen molar-refractivity contribution in [3.05, 3.63) is 29.8 Å². The van der Waals surface area contributed by atoms with Crippen molar-refractivity contribution in [3.8, 4) is 0 Å². The van der Waals surface area contributed by atoms with Crippen LogP contribution in [0, 0.1) is 5.92 Å². The number of hydrogen-bond acceptors (Lipinski definition) is 3. The zero-order chi connectivity index (χ0) is 16.2. The molecule has 1 amide bonds. The number of benzene rings is 1. The Morgan fingerprint density at radius 1 is 1.26 bits per heavy atom. The molecule has 3 rings (SSSR count). The first-order chi connectivity index (χ1) is 11.1. The molecule has 1 aliphatic carbocycles. The van der Waals surface area contributed by atoms with Crippen LogP contribution in [0.25, 0.3) is 0 Å². The van der Waals surface area contributed by atoms with E-state index in [9.17, 15) is 4.79 Å². The van der Waals surface area contributed by atoms with Crippen LogP contribution >= 0.6 is 0 Å². The molecule has 0 bridgehead atoms. The Kier molecular flexibility index (Phi) is 5.21. The molecule has 1 heterocycles. The summed E-state index contributed by atoms with van der Waals surface area (Å²) in [6.07, 6.45) is 6.47. The van der Waals surface area contributed by atoms with Crippen molar-refractivity contribution >= 4 is 11.6 Å². The highest BCUT2D eigenvalue weighted by molar-refractivity contribution is 5.79. The summed E-state index contributed by atoms with van der Waals surface area (Å²) >= 11 is 0. The molecule has 3 atom stereocenters. The molecular weight excluding hydrogens is 286 g/mol. The molecule has 126 valence electrons. The predicted molar refractivity (Wildman–Crippen MR) is 94.4 cm³/mol. The summed E-state index contributed by atoms with van der Waals surface area (Å²) in [7, 11) is 0. The second kappa shape index (κ2) is 7.35. The highest BCUT2D eigenvalue weighted by Gasteiger charge is 2.26. The predicted octanol–water partition coefficient (Wildman–Crippen LogP) is 2.98. The number of rotatable bonds is 4. The highest BCUT2D eigenvalue weighted by Crippen LogP contribution is 2.26. The molecule has 1 aromatic carbocycles. The van der Waals surface area contributed by atoms with Crippen LogP contribution in [0.2, 0.25) is 0 Å². The van der Waals surface area contributed by atoms with Crippen molar-refractivity contribution in [1.82, 2.24) is 5.32 Å². The largest absolute Gasteiger partial charge is 0.372 e. The van der Waals surface area contributed by atoms with E-state index in [2.05, 4.69) is 41.4 Å². The minimum Gasteiger partial charge on any atom is -0.372 e. The first kappa shape index (κ1) is 16.3. The van der Waals surface area contributed by atoms with Gasteiger partial charge in [0, 0.05) is 30.7 Å². The monoisotopic (exact) mass is 315 g/mol. The molecule has 4 heteroatoms. The lowest BCUT2D eigenvalue weighted by Gasteiger charge is -2.27. The number of nitrogens with one attached hydrogen (secondary N) is 1. The van der Waals surface area contributed by atoms with Crippen LogP contribution in [0.4, 0.5) is 5.69 Å². The quantitative estimate of drug-likeness (QED) is 0.898. The number of carbonyl (C=O) groups excluding carboxylic acids is 1. The number of nitrogens with two attached hydrogens (primary N) is 1. The zero-order valence-corrected chi connectivity index (χ0v) is 14.1. The van der Waals surface area contributed by atoms with Crippen LogP contribution in [-0.2, 0) is 4.79 Å². The lowest BCUT2D eigenvalue weighted by molar-refractivity contribution is -0.126. The first-order valence-corrected chi connectivity index (χ1v) is 9.04. The smallest absolute Gasteiger partial charge is 0.223 e. The van der Waals surface area contributed by atoms with Gasteiger partial charge in [-0.25, -0.2) is 0 Å². The molecule has 1 aliphatic heterocycles. The van der Waals surface area contributed by atoms with Crippen molar-refractivity contribution in [2.45, 2.75) is 57.5 Å². The summed E-state index contributed by atoms with van der Waals surface area (Å²) in [6.45, 7) is 4.36. The lowest BCUT2D eigenvalue weighted by atomic mass is 9.85. The molecule has 0 spiro atoms. The molecule has 0 radical (unpaired) electrons. The second-order valence-electron chi connectivity index (χ2n) is 7.14. The van der Waals surface area contributed by atoms with Gasteiger partial charge in [-0.05, 0) is 56.7 Å². The molecule has 3 N–H and O–H groups in total. The third-order valence-electron chi connectivity index (χ3n) is 5.29. The van der Waals surface area contributed by atoms with Crippen LogP contribution < -0.4 is 16.0 Å². The maximum atomic E-state index is 12.5. The van der Waals surface area contributed by atoms with E-state index >= 15 is 0 Å². The van der Waals surface area contributed by atoms with Gasteiger partial charge in [-0.2, -0.15) is 0 Å². The van der Waals surface area contributed by atoms with Crippen LogP contribution in [0.5, 0.6) is 0 Å². The average Bonchev–Trinajstić information content (AvgIpc) is 3.09. The standard InChI is InChI=1S/C19H29N3O/c1-14(21-19(23)16-7-4-8-17(20)12-16)15-6-5-9-18(13-15)22-10-2-3-11-22/h5-6,9,13-14,16-17H,2-4,7-8,10-12,20H2,1H3,(H,21,23). The zero-order valence-electron chi connectivity index (χ0n) is 14.1. The highest BCUT2D eigenvalue weighted by atomic mass is 16.1. The van der Waals surface area contributed by atoms with Gasteiger partial charge in [0.15, 0.2) is 0 Å². The fourth-order valence-corrected chi connectivity index (χ4v) is 3.85. The molecule has 3 unspecified atom stereocenters. The SMILES string of the molecule is CC(NC(=O)C1CCCC(N)C1)c1cccc(N2CCCC2)c1. The van der Waals surface area contributed by atoms with Crippen molar-refractivity contribution in [3.63, 3.8) is 0 Å². The van der Waals surface area contributed by atoms with Gasteiger partial charge in [-0.3, -0.25) is 4.79 Å². The van der Waals surface area contributed by atoms with Gasteiger partial charge in [0.2, 0.25) is 5.91 Å². The van der Waals surface area contributed by atoms with Crippen molar-refractivity contribution in [2.75, 3.05) is 18.0 Å². The summed E-state index contributed by atoms with van der Waals surface area (Å²) in [5.41, 5.74) is 8.47. The number of nitrogens with zero attached hydrogens (tertiary/aromatic N) is 1. The fourth-order valence-electron chi connectivity index (χ4n) is 3.85. The Balaban J connectivity index is 1.62. The summed E-state index contributed by atoms with van der Waals surface area (Å²) in [4.78, 5) is 14.9. The summed E-state index contributed by atoms with van der Waals surface area (Å²) in [6, 6.07) is 8.84. The van der Waals surface area contributed by atoms with Crippen molar-refractivity contribution in [1.29, 1.82) is 0 Å². The molecule has 1 saturated heterocycles. The molecule has 1 aromatic rings. The molecule has 2 fully saturated rings. The van der Waals surface area contributed by atoms with Crippen LogP contribution in [0.1, 0.15) is 57.1 Å². The van der Waals surface area contributed by atoms with E-state index in [1.54, 1.807) is 0 Å². The van der Waals surface area contributed by atoms with E-state index in [1.165, 1.54) is 24.1 Å². The molecule has 0 aromatic heterocycles. The van der Waals surface area contributed by atoms with Crippen LogP contribution in [0.15, 0.2) is 24.3 Å².